The van der Waals surface area contributed by atoms with E-state index in [0.29, 0.717) is 5.02 Å². The molecule has 66 valence electrons. The van der Waals surface area contributed by atoms with Gasteiger partial charge in [-0.2, -0.15) is 5.10 Å². The van der Waals surface area contributed by atoms with Crippen LogP contribution in [0.25, 0.3) is 0 Å². The summed E-state index contributed by atoms with van der Waals surface area (Å²) in [5.74, 6) is 0. The van der Waals surface area contributed by atoms with E-state index >= 15 is 0 Å². The van der Waals surface area contributed by atoms with E-state index in [1.54, 1.807) is 17.1 Å². The SMILES string of the molecule is Clc1cnn([C@H]2CCCCO2)c1. The minimum atomic E-state index is 0.103. The van der Waals surface area contributed by atoms with Crippen molar-refractivity contribution >= 4 is 11.6 Å². The largest absolute Gasteiger partial charge is 0.357 e. The molecule has 3 nitrogen and oxygen atoms in total. The van der Waals surface area contributed by atoms with Gasteiger partial charge < -0.3 is 4.74 Å². The smallest absolute Gasteiger partial charge is 0.150 e. The third kappa shape index (κ3) is 1.62. The molecule has 0 aliphatic carbocycles. The minimum absolute atomic E-state index is 0.103. The van der Waals surface area contributed by atoms with Crippen LogP contribution in [0.5, 0.6) is 0 Å². The molecular formula is C8H11ClN2O. The molecule has 1 aliphatic rings. The molecule has 0 aromatic carbocycles. The molecule has 4 heteroatoms. The molecule has 2 rings (SSSR count). The van der Waals surface area contributed by atoms with Gasteiger partial charge in [-0.15, -0.1) is 0 Å². The first-order valence-corrected chi connectivity index (χ1v) is 4.55. The highest BCUT2D eigenvalue weighted by Gasteiger charge is 2.15. The summed E-state index contributed by atoms with van der Waals surface area (Å²) in [4.78, 5) is 0. The first kappa shape index (κ1) is 8.08. The van der Waals surface area contributed by atoms with Gasteiger partial charge in [0.15, 0.2) is 0 Å². The zero-order chi connectivity index (χ0) is 8.39. The van der Waals surface area contributed by atoms with Crippen LogP contribution < -0.4 is 0 Å². The number of nitrogens with zero attached hydrogens (tertiary/aromatic N) is 2. The van der Waals surface area contributed by atoms with Gasteiger partial charge >= 0.3 is 0 Å². The van der Waals surface area contributed by atoms with Crippen LogP contribution in [0.2, 0.25) is 5.02 Å². The molecule has 0 unspecified atom stereocenters. The maximum Gasteiger partial charge on any atom is 0.150 e. The van der Waals surface area contributed by atoms with E-state index in [1.165, 1.54) is 6.42 Å². The number of hydrogen-bond donors (Lipinski definition) is 0. The Morgan fingerprint density at radius 1 is 1.58 bits per heavy atom. The highest BCUT2D eigenvalue weighted by molar-refractivity contribution is 6.30. The second-order valence-corrected chi connectivity index (χ2v) is 3.40. The van der Waals surface area contributed by atoms with Crippen molar-refractivity contribution in [1.82, 2.24) is 9.78 Å². The molecule has 0 amide bonds. The molecule has 1 fully saturated rings. The molecule has 1 aliphatic heterocycles. The lowest BCUT2D eigenvalue weighted by molar-refractivity contribution is -0.0394. The number of aromatic nitrogens is 2. The zero-order valence-corrected chi connectivity index (χ0v) is 7.50. The monoisotopic (exact) mass is 186 g/mol. The molecule has 1 aromatic rings. The van der Waals surface area contributed by atoms with Crippen molar-refractivity contribution in [3.63, 3.8) is 0 Å². The molecule has 1 atom stereocenters. The van der Waals surface area contributed by atoms with Crippen LogP contribution in [-0.2, 0) is 4.74 Å². The summed E-state index contributed by atoms with van der Waals surface area (Å²) in [6.45, 7) is 0.835. The van der Waals surface area contributed by atoms with E-state index in [9.17, 15) is 0 Å². The number of hydrogen-bond acceptors (Lipinski definition) is 2. The summed E-state index contributed by atoms with van der Waals surface area (Å²) in [5, 5.41) is 4.77. The predicted molar refractivity (Wildman–Crippen MR) is 46.1 cm³/mol. The summed E-state index contributed by atoms with van der Waals surface area (Å²) in [6, 6.07) is 0. The quantitative estimate of drug-likeness (QED) is 0.673. The number of ether oxygens (including phenoxy) is 1. The second-order valence-electron chi connectivity index (χ2n) is 2.96. The maximum absolute atomic E-state index is 5.74. The Morgan fingerprint density at radius 2 is 2.50 bits per heavy atom. The van der Waals surface area contributed by atoms with Gasteiger partial charge in [-0.1, -0.05) is 11.6 Å². The number of rotatable bonds is 1. The van der Waals surface area contributed by atoms with Crippen LogP contribution in [0.1, 0.15) is 25.5 Å². The first-order valence-electron chi connectivity index (χ1n) is 4.17. The van der Waals surface area contributed by atoms with Gasteiger partial charge in [0.1, 0.15) is 6.23 Å². The van der Waals surface area contributed by atoms with E-state index < -0.39 is 0 Å². The molecule has 12 heavy (non-hydrogen) atoms. The lowest BCUT2D eigenvalue weighted by Crippen LogP contribution is -2.18. The molecule has 0 radical (unpaired) electrons. The average molecular weight is 187 g/mol. The fourth-order valence-electron chi connectivity index (χ4n) is 1.40. The molecule has 0 saturated carbocycles. The summed E-state index contributed by atoms with van der Waals surface area (Å²) in [7, 11) is 0. The number of halogens is 1. The van der Waals surface area contributed by atoms with Crippen LogP contribution in [0.15, 0.2) is 12.4 Å². The highest BCUT2D eigenvalue weighted by Crippen LogP contribution is 2.22. The lowest BCUT2D eigenvalue weighted by Gasteiger charge is -2.22. The molecule has 1 saturated heterocycles. The zero-order valence-electron chi connectivity index (χ0n) is 6.74. The summed E-state index contributed by atoms with van der Waals surface area (Å²) in [6.07, 6.45) is 6.95. The van der Waals surface area contributed by atoms with E-state index in [2.05, 4.69) is 5.10 Å². The fourth-order valence-corrected chi connectivity index (χ4v) is 1.55. The van der Waals surface area contributed by atoms with E-state index in [-0.39, 0.29) is 6.23 Å². The molecule has 0 spiro atoms. The second kappa shape index (κ2) is 3.46. The molecule has 0 N–H and O–H groups in total. The van der Waals surface area contributed by atoms with E-state index in [0.717, 1.165) is 19.4 Å². The van der Waals surface area contributed by atoms with Crippen molar-refractivity contribution in [3.05, 3.63) is 17.4 Å². The predicted octanol–water partition coefficient (Wildman–Crippen LogP) is 2.24. The Bertz CT molecular complexity index is 255. The van der Waals surface area contributed by atoms with Gasteiger partial charge in [0.25, 0.3) is 0 Å². The Morgan fingerprint density at radius 3 is 3.08 bits per heavy atom. The normalized spacial score (nSPS) is 24.2. The van der Waals surface area contributed by atoms with Crippen LogP contribution >= 0.6 is 11.6 Å². The van der Waals surface area contributed by atoms with Gasteiger partial charge in [0, 0.05) is 12.8 Å². The van der Waals surface area contributed by atoms with E-state index in [4.69, 9.17) is 16.3 Å². The third-order valence-corrected chi connectivity index (χ3v) is 2.22. The molecular weight excluding hydrogens is 176 g/mol. The Kier molecular flexibility index (Phi) is 2.33. The van der Waals surface area contributed by atoms with Crippen molar-refractivity contribution in [2.24, 2.45) is 0 Å². The van der Waals surface area contributed by atoms with Gasteiger partial charge in [-0.3, -0.25) is 0 Å². The fraction of sp³-hybridized carbons (Fsp3) is 0.625. The van der Waals surface area contributed by atoms with Crippen LogP contribution in [0.4, 0.5) is 0 Å². The summed E-state index contributed by atoms with van der Waals surface area (Å²) >= 11 is 5.74. The molecule has 0 bridgehead atoms. The van der Waals surface area contributed by atoms with Crippen LogP contribution in [-0.4, -0.2) is 16.4 Å². The van der Waals surface area contributed by atoms with Gasteiger partial charge in [-0.25, -0.2) is 4.68 Å². The van der Waals surface area contributed by atoms with Gasteiger partial charge in [0.2, 0.25) is 0 Å². The maximum atomic E-state index is 5.74. The van der Waals surface area contributed by atoms with Crippen LogP contribution in [0, 0.1) is 0 Å². The van der Waals surface area contributed by atoms with Crippen molar-refractivity contribution in [2.45, 2.75) is 25.5 Å². The first-order chi connectivity index (χ1) is 5.86. The van der Waals surface area contributed by atoms with Crippen molar-refractivity contribution in [1.29, 1.82) is 0 Å². The van der Waals surface area contributed by atoms with E-state index in [1.807, 2.05) is 0 Å². The average Bonchev–Trinajstić information content (AvgIpc) is 2.54. The van der Waals surface area contributed by atoms with Gasteiger partial charge in [0.05, 0.1) is 11.2 Å². The topological polar surface area (TPSA) is 27.1 Å². The Labute approximate surface area is 76.3 Å². The van der Waals surface area contributed by atoms with Crippen molar-refractivity contribution in [2.75, 3.05) is 6.61 Å². The van der Waals surface area contributed by atoms with Gasteiger partial charge in [-0.05, 0) is 19.3 Å². The highest BCUT2D eigenvalue weighted by atomic mass is 35.5. The Balaban J connectivity index is 2.08. The molecule has 1 aromatic heterocycles. The summed E-state index contributed by atoms with van der Waals surface area (Å²) in [5.41, 5.74) is 0. The van der Waals surface area contributed by atoms with Crippen molar-refractivity contribution in [3.8, 4) is 0 Å². The third-order valence-electron chi connectivity index (χ3n) is 2.02. The summed E-state index contributed by atoms with van der Waals surface area (Å²) < 4.78 is 7.31. The minimum Gasteiger partial charge on any atom is -0.357 e. The Hall–Kier alpha value is -0.540. The molecule has 2 heterocycles. The lowest BCUT2D eigenvalue weighted by atomic mass is 10.2. The van der Waals surface area contributed by atoms with Crippen molar-refractivity contribution < 1.29 is 4.74 Å². The van der Waals surface area contributed by atoms with Crippen LogP contribution in [0.3, 0.4) is 0 Å². The standard InChI is InChI=1S/C8H11ClN2O/c9-7-5-10-11(6-7)8-3-1-2-4-12-8/h5-6,8H,1-4H2/t8-/m1/s1.